The molecule has 0 atom stereocenters. The van der Waals surface area contributed by atoms with E-state index in [1.807, 2.05) is 19.9 Å². The van der Waals surface area contributed by atoms with E-state index < -0.39 is 0 Å². The summed E-state index contributed by atoms with van der Waals surface area (Å²) in [6.07, 6.45) is 4.00. The topological polar surface area (TPSA) is 80.4 Å². The van der Waals surface area contributed by atoms with Crippen LogP contribution in [0.15, 0.2) is 29.0 Å². The zero-order valence-electron chi connectivity index (χ0n) is 16.9. The van der Waals surface area contributed by atoms with Gasteiger partial charge in [-0.05, 0) is 44.9 Å². The van der Waals surface area contributed by atoms with Crippen LogP contribution in [0.4, 0.5) is 5.69 Å². The molecule has 29 heavy (non-hydrogen) atoms. The van der Waals surface area contributed by atoms with Crippen LogP contribution in [0.2, 0.25) is 0 Å². The Balaban J connectivity index is 1.25. The van der Waals surface area contributed by atoms with E-state index in [0.29, 0.717) is 11.8 Å². The Labute approximate surface area is 169 Å². The fraction of sp³-hybridized carbons (Fsp3) is 0.524. The number of hydrogen-bond acceptors (Lipinski definition) is 8. The quantitative estimate of drug-likeness (QED) is 0.631. The maximum atomic E-state index is 5.88. The van der Waals surface area contributed by atoms with Gasteiger partial charge in [-0.3, -0.25) is 4.90 Å². The number of ether oxygens (including phenoxy) is 1. The molecular formula is C21H26N6O2. The molecule has 1 aromatic carbocycles. The lowest BCUT2D eigenvalue weighted by molar-refractivity contribution is 0.235. The number of benzene rings is 1. The molecule has 1 saturated heterocycles. The molecule has 0 bridgehead atoms. The highest BCUT2D eigenvalue weighted by Crippen LogP contribution is 2.38. The van der Waals surface area contributed by atoms with Gasteiger partial charge in [0.25, 0.3) is 0 Å². The molecule has 3 heterocycles. The van der Waals surface area contributed by atoms with Gasteiger partial charge < -0.3 is 14.2 Å². The summed E-state index contributed by atoms with van der Waals surface area (Å²) in [5.74, 6) is 2.78. The third-order valence-corrected chi connectivity index (χ3v) is 5.44. The van der Waals surface area contributed by atoms with Crippen molar-refractivity contribution in [2.45, 2.75) is 45.3 Å². The van der Waals surface area contributed by atoms with E-state index in [1.165, 1.54) is 18.5 Å². The Morgan fingerprint density at radius 1 is 1.14 bits per heavy atom. The van der Waals surface area contributed by atoms with Crippen molar-refractivity contribution < 1.29 is 9.26 Å². The van der Waals surface area contributed by atoms with E-state index in [9.17, 15) is 0 Å². The number of rotatable bonds is 6. The van der Waals surface area contributed by atoms with Gasteiger partial charge in [-0.25, -0.2) is 9.97 Å². The summed E-state index contributed by atoms with van der Waals surface area (Å²) < 4.78 is 11.3. The van der Waals surface area contributed by atoms with Crippen LogP contribution >= 0.6 is 0 Å². The lowest BCUT2D eigenvalue weighted by Crippen LogP contribution is -2.46. The summed E-state index contributed by atoms with van der Waals surface area (Å²) in [6.45, 7) is 8.60. The highest BCUT2D eigenvalue weighted by molar-refractivity contribution is 5.86. The summed E-state index contributed by atoms with van der Waals surface area (Å²) in [5, 5.41) is 5.11. The number of anilines is 1. The van der Waals surface area contributed by atoms with E-state index in [-0.39, 0.29) is 6.10 Å². The van der Waals surface area contributed by atoms with Crippen molar-refractivity contribution in [1.29, 1.82) is 0 Å². The fourth-order valence-corrected chi connectivity index (χ4v) is 3.73. The van der Waals surface area contributed by atoms with Crippen molar-refractivity contribution >= 4 is 16.6 Å². The molecule has 1 aliphatic heterocycles. The van der Waals surface area contributed by atoms with Crippen LogP contribution in [-0.4, -0.2) is 57.3 Å². The average Bonchev–Trinajstić information content (AvgIpc) is 3.47. The van der Waals surface area contributed by atoms with Crippen LogP contribution < -0.4 is 9.64 Å². The molecule has 1 aliphatic carbocycles. The third kappa shape index (κ3) is 4.03. The summed E-state index contributed by atoms with van der Waals surface area (Å²) in [5.41, 5.74) is 2.08. The summed E-state index contributed by atoms with van der Waals surface area (Å²) >= 11 is 0. The zero-order chi connectivity index (χ0) is 19.8. The van der Waals surface area contributed by atoms with Crippen molar-refractivity contribution in [2.75, 3.05) is 31.1 Å². The Kier molecular flexibility index (Phi) is 4.79. The first-order valence-electron chi connectivity index (χ1n) is 10.4. The first-order chi connectivity index (χ1) is 14.2. The predicted molar refractivity (Wildman–Crippen MR) is 109 cm³/mol. The summed E-state index contributed by atoms with van der Waals surface area (Å²) in [4.78, 5) is 18.0. The zero-order valence-corrected chi connectivity index (χ0v) is 16.9. The minimum atomic E-state index is 0.0749. The SMILES string of the molecule is CC(C)Oc1ncnc2ccc(N3CCN(Cc4noc(C5CC5)n4)CC3)cc12. The molecule has 2 fully saturated rings. The number of fused-ring (bicyclic) bond motifs is 1. The van der Waals surface area contributed by atoms with Gasteiger partial charge >= 0.3 is 0 Å². The number of aromatic nitrogens is 4. The maximum Gasteiger partial charge on any atom is 0.229 e. The van der Waals surface area contributed by atoms with Crippen LogP contribution in [0.3, 0.4) is 0 Å². The second-order valence-corrected chi connectivity index (χ2v) is 8.13. The van der Waals surface area contributed by atoms with Gasteiger partial charge in [0.05, 0.1) is 23.6 Å². The minimum Gasteiger partial charge on any atom is -0.474 e. The molecule has 152 valence electrons. The molecule has 8 nitrogen and oxygen atoms in total. The molecule has 1 saturated carbocycles. The maximum absolute atomic E-state index is 5.88. The smallest absolute Gasteiger partial charge is 0.229 e. The standard InChI is InChI=1S/C21H26N6O2/c1-14(2)28-21-17-11-16(5-6-18(17)22-13-23-21)27-9-7-26(8-10-27)12-19-24-20(29-25-19)15-3-4-15/h5-6,11,13-15H,3-4,7-10,12H2,1-2H3. The number of nitrogens with zero attached hydrogens (tertiary/aromatic N) is 6. The van der Waals surface area contributed by atoms with Gasteiger partial charge in [0, 0.05) is 37.8 Å². The Bertz CT molecular complexity index is 992. The van der Waals surface area contributed by atoms with Gasteiger partial charge in [0.1, 0.15) is 6.33 Å². The molecule has 0 amide bonds. The van der Waals surface area contributed by atoms with Gasteiger partial charge in [-0.15, -0.1) is 0 Å². The van der Waals surface area contributed by atoms with Crippen LogP contribution in [0, 0.1) is 0 Å². The molecule has 5 rings (SSSR count). The highest BCUT2D eigenvalue weighted by atomic mass is 16.5. The minimum absolute atomic E-state index is 0.0749. The van der Waals surface area contributed by atoms with Gasteiger partial charge in [-0.1, -0.05) is 5.16 Å². The van der Waals surface area contributed by atoms with Crippen molar-refractivity contribution in [2.24, 2.45) is 0 Å². The first kappa shape index (κ1) is 18.3. The van der Waals surface area contributed by atoms with E-state index in [4.69, 9.17) is 9.26 Å². The first-order valence-corrected chi connectivity index (χ1v) is 10.4. The highest BCUT2D eigenvalue weighted by Gasteiger charge is 2.30. The summed E-state index contributed by atoms with van der Waals surface area (Å²) in [7, 11) is 0. The Morgan fingerprint density at radius 2 is 1.97 bits per heavy atom. The molecule has 2 aromatic heterocycles. The van der Waals surface area contributed by atoms with Crippen LogP contribution in [0.5, 0.6) is 5.88 Å². The fourth-order valence-electron chi connectivity index (χ4n) is 3.73. The lowest BCUT2D eigenvalue weighted by atomic mass is 10.2. The van der Waals surface area contributed by atoms with Crippen LogP contribution in [-0.2, 0) is 6.54 Å². The molecule has 0 spiro atoms. The molecule has 8 heteroatoms. The van der Waals surface area contributed by atoms with Crippen LogP contribution in [0.1, 0.15) is 44.3 Å². The molecule has 0 unspecified atom stereocenters. The molecule has 0 radical (unpaired) electrons. The average molecular weight is 394 g/mol. The van der Waals surface area contributed by atoms with Crippen molar-refractivity contribution in [3.8, 4) is 5.88 Å². The molecule has 3 aromatic rings. The summed E-state index contributed by atoms with van der Waals surface area (Å²) in [6, 6.07) is 6.32. The number of piperazine rings is 1. The van der Waals surface area contributed by atoms with Crippen molar-refractivity contribution in [3.63, 3.8) is 0 Å². The third-order valence-electron chi connectivity index (χ3n) is 5.44. The van der Waals surface area contributed by atoms with Gasteiger partial charge in [0.2, 0.25) is 11.8 Å². The normalized spacial score (nSPS) is 18.0. The number of hydrogen-bond donors (Lipinski definition) is 0. The molecule has 0 N–H and O–H groups in total. The monoisotopic (exact) mass is 394 g/mol. The van der Waals surface area contributed by atoms with Crippen molar-refractivity contribution in [3.05, 3.63) is 36.2 Å². The second kappa shape index (κ2) is 7.59. The van der Waals surface area contributed by atoms with E-state index in [1.54, 1.807) is 6.33 Å². The molecular weight excluding hydrogens is 368 g/mol. The van der Waals surface area contributed by atoms with Crippen molar-refractivity contribution in [1.82, 2.24) is 25.0 Å². The molecule has 2 aliphatic rings. The Hall–Kier alpha value is -2.74. The van der Waals surface area contributed by atoms with E-state index >= 15 is 0 Å². The van der Waals surface area contributed by atoms with E-state index in [2.05, 4.69) is 42.0 Å². The van der Waals surface area contributed by atoms with Crippen LogP contribution in [0.25, 0.3) is 10.9 Å². The Morgan fingerprint density at radius 3 is 2.72 bits per heavy atom. The second-order valence-electron chi connectivity index (χ2n) is 8.13. The largest absolute Gasteiger partial charge is 0.474 e. The van der Waals surface area contributed by atoms with Gasteiger partial charge in [0.15, 0.2) is 5.82 Å². The predicted octanol–water partition coefficient (Wildman–Crippen LogP) is 3.00. The van der Waals surface area contributed by atoms with E-state index in [0.717, 1.165) is 55.3 Å². The van der Waals surface area contributed by atoms with Gasteiger partial charge in [-0.2, -0.15) is 4.98 Å². The lowest BCUT2D eigenvalue weighted by Gasteiger charge is -2.35.